The molecule has 0 aromatic heterocycles. The fourth-order valence-corrected chi connectivity index (χ4v) is 5.65. The third kappa shape index (κ3) is 5.46. The second-order valence-electron chi connectivity index (χ2n) is 9.03. The number of carbonyl (C=O) groups is 3. The third-order valence-corrected chi connectivity index (χ3v) is 7.81. The normalized spacial score (nSPS) is 14.6. The van der Waals surface area contributed by atoms with E-state index < -0.39 is 5.97 Å². The van der Waals surface area contributed by atoms with Crippen molar-refractivity contribution < 1.29 is 19.1 Å². The molecule has 3 aromatic carbocycles. The number of benzene rings is 3. The van der Waals surface area contributed by atoms with E-state index in [0.717, 1.165) is 18.4 Å². The third-order valence-electron chi connectivity index (χ3n) is 6.75. The van der Waals surface area contributed by atoms with Gasteiger partial charge < -0.3 is 14.5 Å². The molecule has 3 aromatic rings. The average molecular weight is 501 g/mol. The van der Waals surface area contributed by atoms with Gasteiger partial charge in [0.15, 0.2) is 6.61 Å². The Morgan fingerprint density at radius 2 is 1.22 bits per heavy atom. The Hall–Kier alpha value is -3.58. The summed E-state index contributed by atoms with van der Waals surface area (Å²) in [5.74, 6) is -0.483. The number of fused-ring (bicyclic) bond motifs is 2. The van der Waals surface area contributed by atoms with Crippen molar-refractivity contribution in [2.24, 2.45) is 0 Å². The van der Waals surface area contributed by atoms with Crippen molar-refractivity contribution in [3.8, 4) is 0 Å². The van der Waals surface area contributed by atoms with E-state index in [4.69, 9.17) is 4.74 Å². The van der Waals surface area contributed by atoms with E-state index in [1.54, 1.807) is 17.0 Å². The molecule has 2 aliphatic heterocycles. The van der Waals surface area contributed by atoms with Crippen LogP contribution in [0.5, 0.6) is 0 Å². The maximum absolute atomic E-state index is 12.9. The minimum absolute atomic E-state index is 0.0400. The topological polar surface area (TPSA) is 66.9 Å². The number of nitrogens with zero attached hydrogens (tertiary/aromatic N) is 2. The number of hydrogen-bond acceptors (Lipinski definition) is 5. The van der Waals surface area contributed by atoms with Crippen LogP contribution in [0.3, 0.4) is 0 Å². The standard InChI is InChI=1S/C29H28N2O4S/c32-27(30-15-13-21-7-1-3-9-23(21)17-30)19-35-29(34)25-11-5-6-12-26(25)36-20-28(33)31-16-14-22-8-2-4-10-24(22)18-31/h1-12H,13-20H2. The van der Waals surface area contributed by atoms with E-state index in [-0.39, 0.29) is 24.2 Å². The summed E-state index contributed by atoms with van der Waals surface area (Å²) in [6.45, 7) is 2.16. The first-order valence-corrected chi connectivity index (χ1v) is 13.1. The van der Waals surface area contributed by atoms with Crippen molar-refractivity contribution >= 4 is 29.5 Å². The van der Waals surface area contributed by atoms with Crippen molar-refractivity contribution in [2.45, 2.75) is 30.8 Å². The first-order chi connectivity index (χ1) is 17.6. The molecule has 0 spiro atoms. The van der Waals surface area contributed by atoms with Gasteiger partial charge in [0.25, 0.3) is 5.91 Å². The second kappa shape index (κ2) is 11.0. The van der Waals surface area contributed by atoms with Gasteiger partial charge in [0.2, 0.25) is 5.91 Å². The molecule has 0 bridgehead atoms. The van der Waals surface area contributed by atoms with Crippen LogP contribution in [-0.4, -0.2) is 53.0 Å². The molecule has 184 valence electrons. The lowest BCUT2D eigenvalue weighted by atomic mass is 10.00. The van der Waals surface area contributed by atoms with E-state index in [0.29, 0.717) is 36.6 Å². The molecule has 0 saturated carbocycles. The molecule has 36 heavy (non-hydrogen) atoms. The molecule has 0 aliphatic carbocycles. The first kappa shape index (κ1) is 24.1. The number of thioether (sulfide) groups is 1. The Labute approximate surface area is 215 Å². The Morgan fingerprint density at radius 3 is 1.86 bits per heavy atom. The lowest BCUT2D eigenvalue weighted by Crippen LogP contribution is -2.38. The fraction of sp³-hybridized carbons (Fsp3) is 0.276. The predicted molar refractivity (Wildman–Crippen MR) is 139 cm³/mol. The lowest BCUT2D eigenvalue weighted by Gasteiger charge is -2.29. The van der Waals surface area contributed by atoms with Crippen LogP contribution in [0.4, 0.5) is 0 Å². The number of rotatable bonds is 6. The average Bonchev–Trinajstić information content (AvgIpc) is 2.94. The van der Waals surface area contributed by atoms with Crippen LogP contribution < -0.4 is 0 Å². The lowest BCUT2D eigenvalue weighted by molar-refractivity contribution is -0.135. The summed E-state index contributed by atoms with van der Waals surface area (Å²) >= 11 is 1.33. The van der Waals surface area contributed by atoms with Gasteiger partial charge in [-0.1, -0.05) is 60.7 Å². The number of hydrogen-bond donors (Lipinski definition) is 0. The van der Waals surface area contributed by atoms with E-state index in [2.05, 4.69) is 18.2 Å². The summed E-state index contributed by atoms with van der Waals surface area (Å²) < 4.78 is 5.40. The molecule has 0 radical (unpaired) electrons. The minimum atomic E-state index is -0.553. The predicted octanol–water partition coefficient (Wildman–Crippen LogP) is 4.11. The van der Waals surface area contributed by atoms with Gasteiger partial charge >= 0.3 is 5.97 Å². The van der Waals surface area contributed by atoms with Gasteiger partial charge in [-0.2, -0.15) is 0 Å². The van der Waals surface area contributed by atoms with Crippen molar-refractivity contribution in [1.29, 1.82) is 0 Å². The van der Waals surface area contributed by atoms with Crippen molar-refractivity contribution in [3.63, 3.8) is 0 Å². The molecule has 0 fully saturated rings. The van der Waals surface area contributed by atoms with Gasteiger partial charge in [-0.3, -0.25) is 9.59 Å². The Kier molecular flexibility index (Phi) is 7.37. The van der Waals surface area contributed by atoms with Crippen LogP contribution in [-0.2, 0) is 40.3 Å². The Morgan fingerprint density at radius 1 is 0.694 bits per heavy atom. The van der Waals surface area contributed by atoms with E-state index in [1.165, 1.54) is 28.5 Å². The number of esters is 1. The Balaban J connectivity index is 1.15. The number of carbonyl (C=O) groups excluding carboxylic acids is 3. The number of amides is 2. The first-order valence-electron chi connectivity index (χ1n) is 12.2. The summed E-state index contributed by atoms with van der Waals surface area (Å²) in [5, 5.41) is 0. The zero-order valence-corrected chi connectivity index (χ0v) is 20.8. The van der Waals surface area contributed by atoms with Crippen LogP contribution >= 0.6 is 11.8 Å². The van der Waals surface area contributed by atoms with E-state index in [9.17, 15) is 14.4 Å². The molecule has 5 rings (SSSR count). The van der Waals surface area contributed by atoms with Crippen molar-refractivity contribution in [1.82, 2.24) is 9.80 Å². The van der Waals surface area contributed by atoms with Crippen LogP contribution in [0.2, 0.25) is 0 Å². The molecular formula is C29H28N2O4S. The van der Waals surface area contributed by atoms with E-state index >= 15 is 0 Å². The van der Waals surface area contributed by atoms with Crippen LogP contribution in [0.25, 0.3) is 0 Å². The molecule has 0 saturated heterocycles. The van der Waals surface area contributed by atoms with Crippen LogP contribution in [0, 0.1) is 0 Å². The monoisotopic (exact) mass is 500 g/mol. The molecule has 2 aliphatic rings. The minimum Gasteiger partial charge on any atom is -0.452 e. The smallest absolute Gasteiger partial charge is 0.339 e. The van der Waals surface area contributed by atoms with Crippen LogP contribution in [0.15, 0.2) is 77.7 Å². The fourth-order valence-electron chi connectivity index (χ4n) is 4.71. The maximum atomic E-state index is 12.9. The van der Waals surface area contributed by atoms with Crippen molar-refractivity contribution in [3.05, 3.63) is 101 Å². The van der Waals surface area contributed by atoms with Gasteiger partial charge in [-0.15, -0.1) is 11.8 Å². The van der Waals surface area contributed by atoms with Gasteiger partial charge in [0.1, 0.15) is 0 Å². The van der Waals surface area contributed by atoms with Crippen LogP contribution in [0.1, 0.15) is 32.6 Å². The second-order valence-corrected chi connectivity index (χ2v) is 10.0. The summed E-state index contributed by atoms with van der Waals surface area (Å²) in [7, 11) is 0. The quantitative estimate of drug-likeness (QED) is 0.377. The zero-order chi connectivity index (χ0) is 24.9. The highest BCUT2D eigenvalue weighted by Gasteiger charge is 2.24. The molecule has 7 heteroatoms. The van der Waals surface area contributed by atoms with Gasteiger partial charge in [0, 0.05) is 31.1 Å². The van der Waals surface area contributed by atoms with Gasteiger partial charge in [-0.05, 0) is 47.2 Å². The van der Waals surface area contributed by atoms with Crippen molar-refractivity contribution in [2.75, 3.05) is 25.4 Å². The molecule has 0 atom stereocenters. The molecule has 0 N–H and O–H groups in total. The molecule has 2 heterocycles. The zero-order valence-electron chi connectivity index (χ0n) is 20.0. The molecule has 2 amide bonds. The Bertz CT molecular complexity index is 1290. The highest BCUT2D eigenvalue weighted by atomic mass is 32.2. The summed E-state index contributed by atoms with van der Waals surface area (Å²) in [6.07, 6.45) is 1.65. The summed E-state index contributed by atoms with van der Waals surface area (Å²) in [5.41, 5.74) is 5.24. The summed E-state index contributed by atoms with van der Waals surface area (Å²) in [6, 6.07) is 23.4. The number of ether oxygens (including phenoxy) is 1. The van der Waals surface area contributed by atoms with E-state index in [1.807, 2.05) is 47.4 Å². The molecular weight excluding hydrogens is 472 g/mol. The largest absolute Gasteiger partial charge is 0.452 e. The van der Waals surface area contributed by atoms with Gasteiger partial charge in [0.05, 0.1) is 11.3 Å². The highest BCUT2D eigenvalue weighted by molar-refractivity contribution is 8.00. The summed E-state index contributed by atoms with van der Waals surface area (Å²) in [4.78, 5) is 42.7. The molecule has 0 unspecified atom stereocenters. The highest BCUT2D eigenvalue weighted by Crippen LogP contribution is 2.26. The SMILES string of the molecule is O=C(OCC(=O)N1CCc2ccccc2C1)c1ccccc1SCC(=O)N1CCc2ccccc2C1. The maximum Gasteiger partial charge on any atom is 0.339 e. The molecule has 6 nitrogen and oxygen atoms in total. The van der Waals surface area contributed by atoms with Gasteiger partial charge in [-0.25, -0.2) is 4.79 Å².